The molecule has 0 aromatic heterocycles. The number of hydrogen-bond donors (Lipinski definition) is 3. The Hall–Kier alpha value is -2.33. The van der Waals surface area contributed by atoms with E-state index in [4.69, 9.17) is 5.73 Å². The summed E-state index contributed by atoms with van der Waals surface area (Å²) >= 11 is 0. The molecule has 2 atom stereocenters. The molecule has 0 aliphatic rings. The van der Waals surface area contributed by atoms with Gasteiger partial charge in [0.2, 0.25) is 5.91 Å². The number of rotatable bonds is 5. The number of phenolic OH excluding ortho intramolecular Hbond substituents is 1. The number of carbonyl (C=O) groups is 1. The van der Waals surface area contributed by atoms with Gasteiger partial charge in [-0.3, -0.25) is 4.79 Å². The molecular formula is C17H20N2O2. The number of carbonyl (C=O) groups excluding carboxylic acids is 1. The van der Waals surface area contributed by atoms with Gasteiger partial charge in [-0.05, 0) is 30.2 Å². The maximum atomic E-state index is 12.4. The van der Waals surface area contributed by atoms with Crippen LogP contribution in [0.1, 0.15) is 30.0 Å². The Morgan fingerprint density at radius 3 is 2.43 bits per heavy atom. The quantitative estimate of drug-likeness (QED) is 0.788. The Bertz CT molecular complexity index is 599. The van der Waals surface area contributed by atoms with Crippen LogP contribution in [0.4, 0.5) is 0 Å². The van der Waals surface area contributed by atoms with Gasteiger partial charge in [-0.2, -0.15) is 0 Å². The zero-order valence-electron chi connectivity index (χ0n) is 12.0. The first-order valence-corrected chi connectivity index (χ1v) is 6.96. The van der Waals surface area contributed by atoms with Gasteiger partial charge in [0.1, 0.15) is 5.75 Å². The molecule has 0 spiro atoms. The van der Waals surface area contributed by atoms with Crippen molar-refractivity contribution in [3.8, 4) is 5.75 Å². The molecule has 2 unspecified atom stereocenters. The SMILES string of the molecule is CC(NC(=O)C(CN)c1ccccc1)c1cccc(O)c1. The number of nitrogens with one attached hydrogen (secondary N) is 1. The average Bonchev–Trinajstić information content (AvgIpc) is 2.49. The molecule has 2 rings (SSSR count). The first-order chi connectivity index (χ1) is 10.1. The van der Waals surface area contributed by atoms with Crippen LogP contribution in [-0.2, 0) is 4.79 Å². The molecule has 0 bridgehead atoms. The van der Waals surface area contributed by atoms with Crippen LogP contribution < -0.4 is 11.1 Å². The summed E-state index contributed by atoms with van der Waals surface area (Å²) in [6.45, 7) is 2.13. The third kappa shape index (κ3) is 3.83. The fourth-order valence-corrected chi connectivity index (χ4v) is 2.27. The summed E-state index contributed by atoms with van der Waals surface area (Å²) in [6.07, 6.45) is 0. The summed E-state index contributed by atoms with van der Waals surface area (Å²) < 4.78 is 0. The van der Waals surface area contributed by atoms with Crippen molar-refractivity contribution in [3.05, 3.63) is 65.7 Å². The zero-order valence-corrected chi connectivity index (χ0v) is 12.0. The lowest BCUT2D eigenvalue weighted by molar-refractivity contribution is -0.123. The lowest BCUT2D eigenvalue weighted by atomic mass is 9.97. The number of aromatic hydroxyl groups is 1. The van der Waals surface area contributed by atoms with Gasteiger partial charge >= 0.3 is 0 Å². The first kappa shape index (κ1) is 15.1. The number of nitrogens with two attached hydrogens (primary N) is 1. The minimum atomic E-state index is -0.369. The molecule has 0 saturated carbocycles. The Morgan fingerprint density at radius 2 is 1.81 bits per heavy atom. The number of amides is 1. The van der Waals surface area contributed by atoms with Gasteiger partial charge < -0.3 is 16.2 Å². The summed E-state index contributed by atoms with van der Waals surface area (Å²) in [5.41, 5.74) is 7.50. The molecule has 0 radical (unpaired) electrons. The minimum absolute atomic E-state index is 0.112. The van der Waals surface area contributed by atoms with Crippen molar-refractivity contribution in [1.29, 1.82) is 0 Å². The van der Waals surface area contributed by atoms with E-state index in [2.05, 4.69) is 5.32 Å². The van der Waals surface area contributed by atoms with Gasteiger partial charge in [-0.1, -0.05) is 42.5 Å². The smallest absolute Gasteiger partial charge is 0.229 e. The molecular weight excluding hydrogens is 264 g/mol. The van der Waals surface area contributed by atoms with E-state index in [1.165, 1.54) is 0 Å². The van der Waals surface area contributed by atoms with Gasteiger partial charge in [-0.25, -0.2) is 0 Å². The number of benzene rings is 2. The van der Waals surface area contributed by atoms with Gasteiger partial charge in [-0.15, -0.1) is 0 Å². The van der Waals surface area contributed by atoms with Crippen molar-refractivity contribution in [2.24, 2.45) is 5.73 Å². The maximum Gasteiger partial charge on any atom is 0.229 e. The largest absolute Gasteiger partial charge is 0.508 e. The summed E-state index contributed by atoms with van der Waals surface area (Å²) in [6, 6.07) is 16.2. The molecule has 1 amide bonds. The predicted molar refractivity (Wildman–Crippen MR) is 82.9 cm³/mol. The number of phenols is 1. The van der Waals surface area contributed by atoms with E-state index in [1.54, 1.807) is 18.2 Å². The van der Waals surface area contributed by atoms with Gasteiger partial charge in [0.25, 0.3) is 0 Å². The van der Waals surface area contributed by atoms with Crippen molar-refractivity contribution in [2.75, 3.05) is 6.54 Å². The molecule has 4 heteroatoms. The molecule has 110 valence electrons. The molecule has 0 fully saturated rings. The van der Waals surface area contributed by atoms with Crippen LogP contribution >= 0.6 is 0 Å². The van der Waals surface area contributed by atoms with Crippen molar-refractivity contribution >= 4 is 5.91 Å². The number of hydrogen-bond acceptors (Lipinski definition) is 3. The molecule has 0 aliphatic carbocycles. The van der Waals surface area contributed by atoms with E-state index >= 15 is 0 Å². The topological polar surface area (TPSA) is 75.4 Å². The van der Waals surface area contributed by atoms with Crippen LogP contribution in [0.15, 0.2) is 54.6 Å². The molecule has 4 nitrogen and oxygen atoms in total. The van der Waals surface area contributed by atoms with Crippen LogP contribution in [0.5, 0.6) is 5.75 Å². The fourth-order valence-electron chi connectivity index (χ4n) is 2.27. The fraction of sp³-hybridized carbons (Fsp3) is 0.235. The summed E-state index contributed by atoms with van der Waals surface area (Å²) in [5.74, 6) is -0.294. The van der Waals surface area contributed by atoms with Crippen molar-refractivity contribution in [3.63, 3.8) is 0 Å². The molecule has 2 aromatic rings. The van der Waals surface area contributed by atoms with E-state index in [1.807, 2.05) is 43.3 Å². The highest BCUT2D eigenvalue weighted by atomic mass is 16.3. The van der Waals surface area contributed by atoms with Crippen molar-refractivity contribution in [2.45, 2.75) is 18.9 Å². The normalized spacial score (nSPS) is 13.4. The van der Waals surface area contributed by atoms with Crippen LogP contribution in [0.25, 0.3) is 0 Å². The van der Waals surface area contributed by atoms with E-state index in [0.717, 1.165) is 11.1 Å². The Kier molecular flexibility index (Phi) is 4.95. The summed E-state index contributed by atoms with van der Waals surface area (Å²) in [5, 5.41) is 12.4. The average molecular weight is 284 g/mol. The second-order valence-corrected chi connectivity index (χ2v) is 5.02. The molecule has 0 aliphatic heterocycles. The zero-order chi connectivity index (χ0) is 15.2. The maximum absolute atomic E-state index is 12.4. The van der Waals surface area contributed by atoms with Gasteiger partial charge in [0.15, 0.2) is 0 Å². The van der Waals surface area contributed by atoms with Crippen molar-refractivity contribution in [1.82, 2.24) is 5.32 Å². The van der Waals surface area contributed by atoms with Crippen molar-refractivity contribution < 1.29 is 9.90 Å². The lowest BCUT2D eigenvalue weighted by Gasteiger charge is -2.20. The monoisotopic (exact) mass is 284 g/mol. The molecule has 0 heterocycles. The Morgan fingerprint density at radius 1 is 1.14 bits per heavy atom. The molecule has 0 saturated heterocycles. The second-order valence-electron chi connectivity index (χ2n) is 5.02. The van der Waals surface area contributed by atoms with E-state index in [9.17, 15) is 9.90 Å². The lowest BCUT2D eigenvalue weighted by Crippen LogP contribution is -2.35. The third-order valence-electron chi connectivity index (χ3n) is 3.48. The van der Waals surface area contributed by atoms with E-state index in [-0.39, 0.29) is 30.2 Å². The summed E-state index contributed by atoms with van der Waals surface area (Å²) in [7, 11) is 0. The highest BCUT2D eigenvalue weighted by Crippen LogP contribution is 2.20. The minimum Gasteiger partial charge on any atom is -0.508 e. The summed E-state index contributed by atoms with van der Waals surface area (Å²) in [4.78, 5) is 12.4. The van der Waals surface area contributed by atoms with Crippen LogP contribution in [0, 0.1) is 0 Å². The van der Waals surface area contributed by atoms with E-state index in [0.29, 0.717) is 0 Å². The van der Waals surface area contributed by atoms with Crippen LogP contribution in [-0.4, -0.2) is 17.6 Å². The standard InChI is InChI=1S/C17H20N2O2/c1-12(14-8-5-9-15(20)10-14)19-17(21)16(11-18)13-6-3-2-4-7-13/h2-10,12,16,20H,11,18H2,1H3,(H,19,21). The highest BCUT2D eigenvalue weighted by Gasteiger charge is 2.20. The predicted octanol–water partition coefficient (Wildman–Crippen LogP) is 2.31. The molecule has 4 N–H and O–H groups in total. The molecule has 21 heavy (non-hydrogen) atoms. The first-order valence-electron chi connectivity index (χ1n) is 6.96. The Balaban J connectivity index is 2.09. The highest BCUT2D eigenvalue weighted by molar-refractivity contribution is 5.84. The van der Waals surface area contributed by atoms with Crippen LogP contribution in [0.3, 0.4) is 0 Å². The third-order valence-corrected chi connectivity index (χ3v) is 3.48. The van der Waals surface area contributed by atoms with Crippen LogP contribution in [0.2, 0.25) is 0 Å². The second kappa shape index (κ2) is 6.90. The van der Waals surface area contributed by atoms with Gasteiger partial charge in [0, 0.05) is 6.54 Å². The van der Waals surface area contributed by atoms with Gasteiger partial charge in [0.05, 0.1) is 12.0 Å². The Labute approximate surface area is 124 Å². The van der Waals surface area contributed by atoms with E-state index < -0.39 is 0 Å². The molecule has 2 aromatic carbocycles.